The van der Waals surface area contributed by atoms with Crippen molar-refractivity contribution in [1.82, 2.24) is 10.3 Å². The number of aromatic nitrogens is 1. The molecule has 3 rings (SSSR count). The Morgan fingerprint density at radius 3 is 3.06 bits per heavy atom. The highest BCUT2D eigenvalue weighted by Gasteiger charge is 2.28. The molecule has 1 aromatic carbocycles. The summed E-state index contributed by atoms with van der Waals surface area (Å²) < 4.78 is 5.27. The summed E-state index contributed by atoms with van der Waals surface area (Å²) in [7, 11) is 1.79. The van der Waals surface area contributed by atoms with Crippen LogP contribution < -0.4 is 5.32 Å². The fourth-order valence-corrected chi connectivity index (χ4v) is 2.40. The van der Waals surface area contributed by atoms with E-state index in [0.717, 1.165) is 19.4 Å². The first-order chi connectivity index (χ1) is 8.35. The van der Waals surface area contributed by atoms with Crippen LogP contribution in [0.2, 0.25) is 0 Å². The average molecular weight is 230 g/mol. The topological polar surface area (TPSA) is 37.0 Å². The molecule has 2 aromatic rings. The summed E-state index contributed by atoms with van der Waals surface area (Å²) in [6, 6.07) is 9.31. The van der Waals surface area contributed by atoms with Crippen molar-refractivity contribution in [3.05, 3.63) is 36.0 Å². The Hall–Kier alpha value is -1.32. The van der Waals surface area contributed by atoms with Gasteiger partial charge in [-0.05, 0) is 42.0 Å². The normalized spacial score (nSPS) is 23.8. The number of methoxy groups -OCH3 is 1. The first-order valence-electron chi connectivity index (χ1n) is 6.17. The molecule has 1 fully saturated rings. The minimum atomic E-state index is 0.472. The lowest BCUT2D eigenvalue weighted by Gasteiger charge is -2.34. The van der Waals surface area contributed by atoms with Crippen LogP contribution in [0.5, 0.6) is 0 Å². The van der Waals surface area contributed by atoms with Gasteiger partial charge in [0.15, 0.2) is 0 Å². The van der Waals surface area contributed by atoms with Crippen LogP contribution in [0.25, 0.3) is 10.9 Å². The van der Waals surface area contributed by atoms with Crippen LogP contribution in [0.1, 0.15) is 18.4 Å². The third kappa shape index (κ3) is 2.21. The molecule has 17 heavy (non-hydrogen) atoms. The van der Waals surface area contributed by atoms with Crippen LogP contribution >= 0.6 is 0 Å². The van der Waals surface area contributed by atoms with E-state index in [1.165, 1.54) is 16.5 Å². The second kappa shape index (κ2) is 4.51. The maximum atomic E-state index is 5.27. The monoisotopic (exact) mass is 230 g/mol. The van der Waals surface area contributed by atoms with E-state index in [0.29, 0.717) is 12.1 Å². The Kier molecular flexibility index (Phi) is 2.87. The second-order valence-electron chi connectivity index (χ2n) is 4.81. The molecule has 0 atom stereocenters. The first kappa shape index (κ1) is 10.8. The number of aromatic amines is 1. The number of ether oxygens (including phenoxy) is 1. The van der Waals surface area contributed by atoms with E-state index in [2.05, 4.69) is 34.6 Å². The molecule has 0 aliphatic heterocycles. The maximum Gasteiger partial charge on any atom is 0.0601 e. The summed E-state index contributed by atoms with van der Waals surface area (Å²) in [5.41, 5.74) is 2.55. The summed E-state index contributed by atoms with van der Waals surface area (Å²) in [4.78, 5) is 3.21. The molecule has 1 heterocycles. The van der Waals surface area contributed by atoms with E-state index >= 15 is 0 Å². The van der Waals surface area contributed by atoms with Crippen molar-refractivity contribution in [2.75, 3.05) is 7.11 Å². The van der Waals surface area contributed by atoms with Gasteiger partial charge in [0.25, 0.3) is 0 Å². The molecule has 0 bridgehead atoms. The molecule has 0 amide bonds. The molecule has 0 unspecified atom stereocenters. The molecule has 90 valence electrons. The Labute approximate surface area is 101 Å². The number of H-pyrrole nitrogens is 1. The third-order valence-corrected chi connectivity index (χ3v) is 3.64. The zero-order valence-corrected chi connectivity index (χ0v) is 10.1. The summed E-state index contributed by atoms with van der Waals surface area (Å²) in [5, 5.41) is 4.85. The molecule has 1 saturated carbocycles. The third-order valence-electron chi connectivity index (χ3n) is 3.64. The first-order valence-corrected chi connectivity index (χ1v) is 6.17. The summed E-state index contributed by atoms with van der Waals surface area (Å²) in [5.74, 6) is 0. The minimum absolute atomic E-state index is 0.472. The standard InChI is InChI=1S/C14H18N2O/c1-17-13-7-12(8-13)16-9-10-2-3-14-11(6-10)4-5-15-14/h2-6,12-13,15-16H,7-9H2,1H3. The van der Waals surface area contributed by atoms with Gasteiger partial charge in [-0.25, -0.2) is 0 Å². The van der Waals surface area contributed by atoms with Crippen LogP contribution in [0.15, 0.2) is 30.5 Å². The molecule has 0 radical (unpaired) electrons. The predicted molar refractivity (Wildman–Crippen MR) is 69.0 cm³/mol. The summed E-state index contributed by atoms with van der Waals surface area (Å²) in [6.45, 7) is 0.947. The molecular weight excluding hydrogens is 212 g/mol. The van der Waals surface area contributed by atoms with Crippen LogP contribution in [0.4, 0.5) is 0 Å². The van der Waals surface area contributed by atoms with Crippen LogP contribution in [-0.2, 0) is 11.3 Å². The van der Waals surface area contributed by atoms with Gasteiger partial charge in [-0.1, -0.05) is 6.07 Å². The Morgan fingerprint density at radius 2 is 2.24 bits per heavy atom. The van der Waals surface area contributed by atoms with Gasteiger partial charge in [-0.3, -0.25) is 0 Å². The minimum Gasteiger partial charge on any atom is -0.381 e. The zero-order chi connectivity index (χ0) is 11.7. The molecule has 1 aromatic heterocycles. The SMILES string of the molecule is COC1CC(NCc2ccc3[nH]ccc3c2)C1. The highest BCUT2D eigenvalue weighted by atomic mass is 16.5. The lowest BCUT2D eigenvalue weighted by molar-refractivity contribution is 0.0170. The van der Waals surface area contributed by atoms with E-state index in [1.54, 1.807) is 7.11 Å². The summed E-state index contributed by atoms with van der Waals surface area (Å²) in [6.07, 6.45) is 4.74. The van der Waals surface area contributed by atoms with Gasteiger partial charge in [0, 0.05) is 31.4 Å². The Balaban J connectivity index is 1.58. The fourth-order valence-electron chi connectivity index (χ4n) is 2.40. The van der Waals surface area contributed by atoms with Gasteiger partial charge < -0.3 is 15.0 Å². The molecular formula is C14H18N2O. The van der Waals surface area contributed by atoms with Crippen molar-refractivity contribution < 1.29 is 4.74 Å². The van der Waals surface area contributed by atoms with E-state index < -0.39 is 0 Å². The molecule has 0 spiro atoms. The van der Waals surface area contributed by atoms with Crippen LogP contribution in [0.3, 0.4) is 0 Å². The van der Waals surface area contributed by atoms with Crippen molar-refractivity contribution in [3.63, 3.8) is 0 Å². The van der Waals surface area contributed by atoms with Crippen molar-refractivity contribution in [2.45, 2.75) is 31.5 Å². The molecule has 1 aliphatic carbocycles. The maximum absolute atomic E-state index is 5.27. The number of hydrogen-bond acceptors (Lipinski definition) is 2. The number of hydrogen-bond donors (Lipinski definition) is 2. The van der Waals surface area contributed by atoms with Crippen molar-refractivity contribution in [1.29, 1.82) is 0 Å². The quantitative estimate of drug-likeness (QED) is 0.846. The fraction of sp³-hybridized carbons (Fsp3) is 0.429. The number of rotatable bonds is 4. The number of nitrogens with one attached hydrogen (secondary N) is 2. The highest BCUT2D eigenvalue weighted by molar-refractivity contribution is 5.79. The molecule has 1 aliphatic rings. The molecule has 0 saturated heterocycles. The van der Waals surface area contributed by atoms with E-state index in [1.807, 2.05) is 6.20 Å². The highest BCUT2D eigenvalue weighted by Crippen LogP contribution is 2.23. The molecule has 2 N–H and O–H groups in total. The zero-order valence-electron chi connectivity index (χ0n) is 10.1. The lowest BCUT2D eigenvalue weighted by atomic mass is 9.89. The number of fused-ring (bicyclic) bond motifs is 1. The average Bonchev–Trinajstić information content (AvgIpc) is 2.74. The van der Waals surface area contributed by atoms with E-state index in [4.69, 9.17) is 4.74 Å². The van der Waals surface area contributed by atoms with Crippen molar-refractivity contribution in [3.8, 4) is 0 Å². The van der Waals surface area contributed by atoms with Gasteiger partial charge in [0.1, 0.15) is 0 Å². The van der Waals surface area contributed by atoms with Crippen LogP contribution in [0, 0.1) is 0 Å². The summed E-state index contributed by atoms with van der Waals surface area (Å²) >= 11 is 0. The van der Waals surface area contributed by atoms with Crippen molar-refractivity contribution in [2.24, 2.45) is 0 Å². The van der Waals surface area contributed by atoms with Gasteiger partial charge in [-0.2, -0.15) is 0 Å². The number of benzene rings is 1. The Bertz CT molecular complexity index is 500. The van der Waals surface area contributed by atoms with Gasteiger partial charge in [-0.15, -0.1) is 0 Å². The smallest absolute Gasteiger partial charge is 0.0601 e. The largest absolute Gasteiger partial charge is 0.381 e. The van der Waals surface area contributed by atoms with E-state index in [9.17, 15) is 0 Å². The van der Waals surface area contributed by atoms with Gasteiger partial charge >= 0.3 is 0 Å². The predicted octanol–water partition coefficient (Wildman–Crippen LogP) is 2.43. The van der Waals surface area contributed by atoms with Crippen LogP contribution in [-0.4, -0.2) is 24.2 Å². The molecule has 3 nitrogen and oxygen atoms in total. The molecule has 3 heteroatoms. The van der Waals surface area contributed by atoms with E-state index in [-0.39, 0.29) is 0 Å². The second-order valence-corrected chi connectivity index (χ2v) is 4.81. The van der Waals surface area contributed by atoms with Gasteiger partial charge in [0.2, 0.25) is 0 Å². The van der Waals surface area contributed by atoms with Crippen molar-refractivity contribution >= 4 is 10.9 Å². The Morgan fingerprint density at radius 1 is 1.35 bits per heavy atom. The van der Waals surface area contributed by atoms with Gasteiger partial charge in [0.05, 0.1) is 6.10 Å². The lowest BCUT2D eigenvalue weighted by Crippen LogP contribution is -2.44.